The van der Waals surface area contributed by atoms with E-state index in [0.717, 1.165) is 21.5 Å². The number of hydrogen-bond donors (Lipinski definition) is 1. The molecule has 0 amide bonds. The zero-order valence-electron chi connectivity index (χ0n) is 11.6. The molecule has 2 aromatic heterocycles. The third-order valence-electron chi connectivity index (χ3n) is 2.87. The van der Waals surface area contributed by atoms with Crippen LogP contribution in [-0.2, 0) is 12.0 Å². The third-order valence-corrected chi connectivity index (χ3v) is 3.93. The molecule has 102 valence electrons. The zero-order chi connectivity index (χ0) is 14.2. The Labute approximate surface area is 126 Å². The first-order chi connectivity index (χ1) is 8.84. The number of rotatable bonds is 2. The summed E-state index contributed by atoms with van der Waals surface area (Å²) < 4.78 is 2.94. The summed E-state index contributed by atoms with van der Waals surface area (Å²) in [4.78, 5) is 13.2. The van der Waals surface area contributed by atoms with Crippen LogP contribution in [0.4, 0.5) is 5.82 Å². The number of nitrogen functional groups attached to an aromatic ring is 1. The summed E-state index contributed by atoms with van der Waals surface area (Å²) >= 11 is 2.21. The molecule has 0 saturated carbocycles. The Kier molecular flexibility index (Phi) is 3.80. The average Bonchev–Trinajstić information content (AvgIpc) is 2.79. The molecule has 2 rings (SSSR count). The predicted molar refractivity (Wildman–Crippen MR) is 84.8 cm³/mol. The Morgan fingerprint density at radius 1 is 1.32 bits per heavy atom. The molecule has 0 fully saturated rings. The predicted octanol–water partition coefficient (Wildman–Crippen LogP) is 2.84. The van der Waals surface area contributed by atoms with Gasteiger partial charge in [0, 0.05) is 12.0 Å². The fourth-order valence-electron chi connectivity index (χ4n) is 1.83. The molecular formula is C13H18IN5. The molecule has 6 heteroatoms. The summed E-state index contributed by atoms with van der Waals surface area (Å²) in [6, 6.07) is 0. The van der Waals surface area contributed by atoms with Crippen molar-refractivity contribution in [3.63, 3.8) is 0 Å². The molecule has 0 spiro atoms. The molecule has 2 N–H and O–H groups in total. The molecule has 0 aromatic carbocycles. The molecule has 2 aromatic rings. The van der Waals surface area contributed by atoms with E-state index in [-0.39, 0.29) is 5.41 Å². The lowest BCUT2D eigenvalue weighted by molar-refractivity contribution is 0.564. The van der Waals surface area contributed by atoms with Crippen LogP contribution >= 0.6 is 22.6 Å². The van der Waals surface area contributed by atoms with Gasteiger partial charge in [-0.1, -0.05) is 20.8 Å². The molecule has 0 aliphatic carbocycles. The van der Waals surface area contributed by atoms with Crippen molar-refractivity contribution in [1.29, 1.82) is 0 Å². The minimum absolute atomic E-state index is 0.0700. The Morgan fingerprint density at radius 3 is 2.58 bits per heavy atom. The lowest BCUT2D eigenvalue weighted by Crippen LogP contribution is -2.18. The van der Waals surface area contributed by atoms with Crippen LogP contribution in [0.15, 0.2) is 12.5 Å². The Balaban J connectivity index is 2.64. The van der Waals surface area contributed by atoms with E-state index in [2.05, 4.69) is 60.3 Å². The van der Waals surface area contributed by atoms with Gasteiger partial charge in [0.15, 0.2) is 5.82 Å². The van der Waals surface area contributed by atoms with E-state index in [4.69, 9.17) is 10.7 Å². The van der Waals surface area contributed by atoms with E-state index < -0.39 is 0 Å². The molecule has 0 bridgehead atoms. The summed E-state index contributed by atoms with van der Waals surface area (Å²) in [6.07, 6.45) is 3.56. The number of halogens is 1. The summed E-state index contributed by atoms with van der Waals surface area (Å²) in [5, 5.41) is 0. The van der Waals surface area contributed by atoms with Crippen LogP contribution in [0, 0.1) is 3.57 Å². The largest absolute Gasteiger partial charge is 0.383 e. The first-order valence-corrected chi connectivity index (χ1v) is 7.26. The van der Waals surface area contributed by atoms with E-state index in [1.165, 1.54) is 0 Å². The van der Waals surface area contributed by atoms with Gasteiger partial charge < -0.3 is 10.3 Å². The van der Waals surface area contributed by atoms with E-state index in [9.17, 15) is 0 Å². The maximum absolute atomic E-state index is 6.03. The van der Waals surface area contributed by atoms with Crippen LogP contribution in [0.5, 0.6) is 0 Å². The number of imidazole rings is 1. The number of nitrogens with two attached hydrogens (primary N) is 1. The highest BCUT2D eigenvalue weighted by Gasteiger charge is 2.23. The Hall–Kier alpha value is -1.18. The van der Waals surface area contributed by atoms with E-state index in [0.29, 0.717) is 11.6 Å². The number of anilines is 1. The summed E-state index contributed by atoms with van der Waals surface area (Å²) in [5.74, 6) is 1.17. The van der Waals surface area contributed by atoms with Gasteiger partial charge in [-0.05, 0) is 29.5 Å². The molecule has 0 radical (unpaired) electrons. The second-order valence-corrected chi connectivity index (χ2v) is 6.49. The van der Waals surface area contributed by atoms with Crippen LogP contribution in [0.25, 0.3) is 11.5 Å². The summed E-state index contributed by atoms with van der Waals surface area (Å²) in [6.45, 7) is 9.26. The molecule has 0 atom stereocenters. The fourth-order valence-corrected chi connectivity index (χ4v) is 2.89. The van der Waals surface area contributed by atoms with Crippen molar-refractivity contribution >= 4 is 28.4 Å². The van der Waals surface area contributed by atoms with Gasteiger partial charge in [-0.25, -0.2) is 15.0 Å². The average molecular weight is 371 g/mol. The molecule has 0 aliphatic heterocycles. The highest BCUT2D eigenvalue weighted by atomic mass is 127. The fraction of sp³-hybridized carbons (Fsp3) is 0.462. The lowest BCUT2D eigenvalue weighted by atomic mass is 9.92. The highest BCUT2D eigenvalue weighted by molar-refractivity contribution is 14.1. The topological polar surface area (TPSA) is 69.6 Å². The molecule has 0 saturated heterocycles. The van der Waals surface area contributed by atoms with Crippen molar-refractivity contribution in [2.75, 3.05) is 5.73 Å². The second-order valence-electron chi connectivity index (χ2n) is 5.41. The van der Waals surface area contributed by atoms with Crippen LogP contribution in [-0.4, -0.2) is 19.5 Å². The standard InChI is InChI=1S/C13H18IN5/c1-5-19-7-16-6-8(19)12-17-10(13(2,3)4)9(14)11(15)18-12/h6-7H,5H2,1-4H3,(H2,15,17,18). The maximum atomic E-state index is 6.03. The minimum Gasteiger partial charge on any atom is -0.383 e. The van der Waals surface area contributed by atoms with Crippen LogP contribution in [0.2, 0.25) is 0 Å². The van der Waals surface area contributed by atoms with Gasteiger partial charge in [0.05, 0.1) is 21.8 Å². The molecule has 5 nitrogen and oxygen atoms in total. The van der Waals surface area contributed by atoms with Gasteiger partial charge in [0.2, 0.25) is 0 Å². The number of nitrogens with zero attached hydrogens (tertiary/aromatic N) is 4. The number of aromatic nitrogens is 4. The van der Waals surface area contributed by atoms with E-state index in [1.54, 1.807) is 12.5 Å². The van der Waals surface area contributed by atoms with Crippen molar-refractivity contribution in [2.45, 2.75) is 39.7 Å². The van der Waals surface area contributed by atoms with E-state index in [1.807, 2.05) is 4.57 Å². The summed E-state index contributed by atoms with van der Waals surface area (Å²) in [7, 11) is 0. The minimum atomic E-state index is -0.0700. The Morgan fingerprint density at radius 2 is 2.00 bits per heavy atom. The van der Waals surface area contributed by atoms with E-state index >= 15 is 0 Å². The summed E-state index contributed by atoms with van der Waals surface area (Å²) in [5.41, 5.74) is 7.83. The first-order valence-electron chi connectivity index (χ1n) is 6.18. The number of hydrogen-bond acceptors (Lipinski definition) is 4. The quantitative estimate of drug-likeness (QED) is 0.825. The molecule has 19 heavy (non-hydrogen) atoms. The van der Waals surface area contributed by atoms with Gasteiger partial charge in [-0.15, -0.1) is 0 Å². The normalized spacial score (nSPS) is 11.8. The third kappa shape index (κ3) is 2.72. The van der Waals surface area contributed by atoms with Crippen molar-refractivity contribution in [2.24, 2.45) is 0 Å². The Bertz CT molecular complexity index is 598. The molecular weight excluding hydrogens is 353 g/mol. The van der Waals surface area contributed by atoms with Crippen molar-refractivity contribution in [1.82, 2.24) is 19.5 Å². The van der Waals surface area contributed by atoms with Crippen molar-refractivity contribution in [3.05, 3.63) is 21.8 Å². The van der Waals surface area contributed by atoms with Crippen LogP contribution in [0.1, 0.15) is 33.4 Å². The smallest absolute Gasteiger partial charge is 0.180 e. The maximum Gasteiger partial charge on any atom is 0.180 e. The van der Waals surface area contributed by atoms with Crippen molar-refractivity contribution < 1.29 is 0 Å². The van der Waals surface area contributed by atoms with Crippen LogP contribution in [0.3, 0.4) is 0 Å². The van der Waals surface area contributed by atoms with Gasteiger partial charge in [-0.2, -0.15) is 0 Å². The highest BCUT2D eigenvalue weighted by Crippen LogP contribution is 2.30. The van der Waals surface area contributed by atoms with Gasteiger partial charge in [0.25, 0.3) is 0 Å². The van der Waals surface area contributed by atoms with Gasteiger partial charge >= 0.3 is 0 Å². The van der Waals surface area contributed by atoms with Crippen molar-refractivity contribution in [3.8, 4) is 11.5 Å². The SMILES string of the molecule is CCn1cncc1-c1nc(N)c(I)c(C(C)(C)C)n1. The molecule has 0 unspecified atom stereocenters. The number of aryl methyl sites for hydroxylation is 1. The lowest BCUT2D eigenvalue weighted by Gasteiger charge is -2.21. The second kappa shape index (κ2) is 5.07. The molecule has 0 aliphatic rings. The first kappa shape index (κ1) is 14.2. The van der Waals surface area contributed by atoms with Gasteiger partial charge in [-0.3, -0.25) is 0 Å². The van der Waals surface area contributed by atoms with Gasteiger partial charge in [0.1, 0.15) is 11.5 Å². The molecule has 2 heterocycles. The van der Waals surface area contributed by atoms with Crippen LogP contribution < -0.4 is 5.73 Å². The zero-order valence-corrected chi connectivity index (χ0v) is 13.8. The monoisotopic (exact) mass is 371 g/mol.